The van der Waals surface area contributed by atoms with Gasteiger partial charge in [-0.25, -0.2) is 17.9 Å². The summed E-state index contributed by atoms with van der Waals surface area (Å²) in [6, 6.07) is -0.231. The standard InChI is InChI=1S/C12H19NO5S/c1-6-7(2)13-19(15,16)11-9(4)18-8(3)10(11)12(14)17-5/h7,13H,6H2,1-5H3. The zero-order chi connectivity index (χ0) is 14.8. The predicted octanol–water partition coefficient (Wildman–Crippen LogP) is 1.76. The van der Waals surface area contributed by atoms with Crippen molar-refractivity contribution in [3.63, 3.8) is 0 Å². The number of hydrogen-bond donors (Lipinski definition) is 1. The third-order valence-corrected chi connectivity index (χ3v) is 4.57. The Morgan fingerprint density at radius 2 is 1.95 bits per heavy atom. The Balaban J connectivity index is 3.38. The quantitative estimate of drug-likeness (QED) is 0.835. The number of carbonyl (C=O) groups is 1. The van der Waals surface area contributed by atoms with Gasteiger partial charge in [0.2, 0.25) is 10.0 Å². The molecule has 19 heavy (non-hydrogen) atoms. The lowest BCUT2D eigenvalue weighted by Crippen LogP contribution is -2.33. The zero-order valence-corrected chi connectivity index (χ0v) is 12.6. The fourth-order valence-electron chi connectivity index (χ4n) is 1.73. The topological polar surface area (TPSA) is 85.6 Å². The molecule has 0 aliphatic carbocycles. The van der Waals surface area contributed by atoms with E-state index in [1.54, 1.807) is 6.92 Å². The minimum absolute atomic E-state index is 0.0456. The highest BCUT2D eigenvalue weighted by atomic mass is 32.2. The van der Waals surface area contributed by atoms with Crippen LogP contribution in [0.25, 0.3) is 0 Å². The largest absolute Gasteiger partial charge is 0.465 e. The van der Waals surface area contributed by atoms with Crippen LogP contribution in [0, 0.1) is 13.8 Å². The van der Waals surface area contributed by atoms with Gasteiger partial charge in [0.15, 0.2) is 0 Å². The van der Waals surface area contributed by atoms with E-state index < -0.39 is 16.0 Å². The van der Waals surface area contributed by atoms with Crippen LogP contribution in [0.2, 0.25) is 0 Å². The summed E-state index contributed by atoms with van der Waals surface area (Å²) in [7, 11) is -2.61. The molecule has 0 fully saturated rings. The van der Waals surface area contributed by atoms with Gasteiger partial charge in [-0.3, -0.25) is 0 Å². The molecule has 1 heterocycles. The molecule has 0 aromatic carbocycles. The second-order valence-corrected chi connectivity index (χ2v) is 5.99. The van der Waals surface area contributed by atoms with Crippen molar-refractivity contribution >= 4 is 16.0 Å². The van der Waals surface area contributed by atoms with E-state index in [4.69, 9.17) is 4.42 Å². The molecule has 1 unspecified atom stereocenters. The molecule has 1 N–H and O–H groups in total. The summed E-state index contributed by atoms with van der Waals surface area (Å²) in [6.45, 7) is 6.64. The van der Waals surface area contributed by atoms with E-state index in [-0.39, 0.29) is 28.0 Å². The van der Waals surface area contributed by atoms with Crippen molar-refractivity contribution in [3.8, 4) is 0 Å². The maximum Gasteiger partial charge on any atom is 0.342 e. The van der Waals surface area contributed by atoms with E-state index >= 15 is 0 Å². The molecule has 0 spiro atoms. The van der Waals surface area contributed by atoms with Crippen LogP contribution >= 0.6 is 0 Å². The lowest BCUT2D eigenvalue weighted by atomic mass is 10.2. The first-order valence-corrected chi connectivity index (χ1v) is 7.43. The highest BCUT2D eigenvalue weighted by molar-refractivity contribution is 7.89. The number of rotatable bonds is 5. The predicted molar refractivity (Wildman–Crippen MR) is 69.6 cm³/mol. The van der Waals surface area contributed by atoms with Crippen molar-refractivity contribution in [1.82, 2.24) is 4.72 Å². The lowest BCUT2D eigenvalue weighted by Gasteiger charge is -2.12. The van der Waals surface area contributed by atoms with E-state index in [1.165, 1.54) is 21.0 Å². The van der Waals surface area contributed by atoms with Crippen molar-refractivity contribution in [2.45, 2.75) is 45.1 Å². The molecule has 0 saturated carbocycles. The molecule has 7 heteroatoms. The summed E-state index contributed by atoms with van der Waals surface area (Å²) in [4.78, 5) is 11.6. The van der Waals surface area contributed by atoms with Gasteiger partial charge in [-0.2, -0.15) is 0 Å². The molecular formula is C12H19NO5S. The molecule has 0 bridgehead atoms. The first kappa shape index (κ1) is 15.7. The van der Waals surface area contributed by atoms with Gasteiger partial charge in [0.05, 0.1) is 7.11 Å². The van der Waals surface area contributed by atoms with Crippen LogP contribution in [0.3, 0.4) is 0 Å². The van der Waals surface area contributed by atoms with Crippen molar-refractivity contribution in [2.75, 3.05) is 7.11 Å². The molecular weight excluding hydrogens is 270 g/mol. The van der Waals surface area contributed by atoms with Crippen molar-refractivity contribution in [3.05, 3.63) is 17.1 Å². The van der Waals surface area contributed by atoms with Gasteiger partial charge in [-0.05, 0) is 27.2 Å². The SMILES string of the molecule is CCC(C)NS(=O)(=O)c1c(C)oc(C)c1C(=O)OC. The van der Waals surface area contributed by atoms with Crippen molar-refractivity contribution in [2.24, 2.45) is 0 Å². The number of sulfonamides is 1. The maximum atomic E-state index is 12.3. The summed E-state index contributed by atoms with van der Waals surface area (Å²) in [6.07, 6.45) is 0.642. The molecule has 0 radical (unpaired) electrons. The average molecular weight is 289 g/mol. The fourth-order valence-corrected chi connectivity index (χ4v) is 3.46. The lowest BCUT2D eigenvalue weighted by molar-refractivity contribution is 0.0595. The van der Waals surface area contributed by atoms with Gasteiger partial charge in [0.25, 0.3) is 0 Å². The third kappa shape index (κ3) is 3.16. The summed E-state index contributed by atoms with van der Waals surface area (Å²) in [5.41, 5.74) is -0.0456. The van der Waals surface area contributed by atoms with Gasteiger partial charge in [-0.1, -0.05) is 6.92 Å². The highest BCUT2D eigenvalue weighted by Gasteiger charge is 2.32. The Kier molecular flexibility index (Phi) is 4.75. The first-order chi connectivity index (χ1) is 8.74. The molecule has 108 valence electrons. The molecule has 0 amide bonds. The van der Waals surface area contributed by atoms with E-state index in [0.717, 1.165) is 0 Å². The van der Waals surface area contributed by atoms with Crippen molar-refractivity contribution in [1.29, 1.82) is 0 Å². The average Bonchev–Trinajstić information content (AvgIpc) is 2.63. The minimum atomic E-state index is -3.81. The number of furan rings is 1. The number of methoxy groups -OCH3 is 1. The number of nitrogens with one attached hydrogen (secondary N) is 1. The van der Waals surface area contributed by atoms with Crippen LogP contribution in [-0.4, -0.2) is 27.5 Å². The minimum Gasteiger partial charge on any atom is -0.465 e. The molecule has 1 atom stereocenters. The van der Waals surface area contributed by atoms with Crippen LogP contribution in [0.5, 0.6) is 0 Å². The highest BCUT2D eigenvalue weighted by Crippen LogP contribution is 2.27. The summed E-state index contributed by atoms with van der Waals surface area (Å²) in [5.74, 6) is -0.318. The van der Waals surface area contributed by atoms with Gasteiger partial charge in [-0.15, -0.1) is 0 Å². The van der Waals surface area contributed by atoms with Gasteiger partial charge < -0.3 is 9.15 Å². The zero-order valence-electron chi connectivity index (χ0n) is 11.7. The number of ether oxygens (including phenoxy) is 1. The van der Waals surface area contributed by atoms with Gasteiger partial charge >= 0.3 is 5.97 Å². The molecule has 1 aromatic heterocycles. The molecule has 0 aliphatic rings. The number of esters is 1. The molecule has 1 rings (SSSR count). The van der Waals surface area contributed by atoms with E-state index in [0.29, 0.717) is 6.42 Å². The Morgan fingerprint density at radius 1 is 1.37 bits per heavy atom. The Morgan fingerprint density at radius 3 is 2.42 bits per heavy atom. The van der Waals surface area contributed by atoms with Gasteiger partial charge in [0.1, 0.15) is 22.0 Å². The fraction of sp³-hybridized carbons (Fsp3) is 0.583. The second kappa shape index (κ2) is 5.75. The molecule has 6 nitrogen and oxygen atoms in total. The van der Waals surface area contributed by atoms with Gasteiger partial charge in [0, 0.05) is 6.04 Å². The van der Waals surface area contributed by atoms with E-state index in [2.05, 4.69) is 9.46 Å². The van der Waals surface area contributed by atoms with Crippen LogP contribution < -0.4 is 4.72 Å². The molecule has 0 saturated heterocycles. The number of carbonyl (C=O) groups excluding carboxylic acids is 1. The Labute approximate surface area is 113 Å². The number of hydrogen-bond acceptors (Lipinski definition) is 5. The summed E-state index contributed by atoms with van der Waals surface area (Å²) in [5, 5.41) is 0. The van der Waals surface area contributed by atoms with Crippen molar-refractivity contribution < 1.29 is 22.4 Å². The van der Waals surface area contributed by atoms with Crippen LogP contribution in [0.15, 0.2) is 9.31 Å². The van der Waals surface area contributed by atoms with E-state index in [9.17, 15) is 13.2 Å². The molecule has 1 aromatic rings. The Hall–Kier alpha value is -1.34. The van der Waals surface area contributed by atoms with Crippen LogP contribution in [0.4, 0.5) is 0 Å². The summed E-state index contributed by atoms with van der Waals surface area (Å²) >= 11 is 0. The summed E-state index contributed by atoms with van der Waals surface area (Å²) < 4.78 is 37.0. The smallest absolute Gasteiger partial charge is 0.342 e. The Bertz CT molecular complexity index is 573. The maximum absolute atomic E-state index is 12.3. The van der Waals surface area contributed by atoms with E-state index in [1.807, 2.05) is 6.92 Å². The third-order valence-electron chi connectivity index (χ3n) is 2.83. The van der Waals surface area contributed by atoms with Crippen LogP contribution in [0.1, 0.15) is 42.1 Å². The normalized spacial score (nSPS) is 13.3. The number of aryl methyl sites for hydroxylation is 2. The molecule has 0 aliphatic heterocycles. The van der Waals surface area contributed by atoms with Crippen LogP contribution in [-0.2, 0) is 14.8 Å². The monoisotopic (exact) mass is 289 g/mol. The second-order valence-electron chi connectivity index (χ2n) is 4.34. The first-order valence-electron chi connectivity index (χ1n) is 5.95.